The van der Waals surface area contributed by atoms with Crippen molar-refractivity contribution >= 4 is 6.03 Å². The second-order valence-electron chi connectivity index (χ2n) is 7.84. The van der Waals surface area contributed by atoms with Gasteiger partial charge in [0, 0.05) is 37.8 Å². The molecule has 2 unspecified atom stereocenters. The first-order valence-corrected chi connectivity index (χ1v) is 9.74. The van der Waals surface area contributed by atoms with E-state index in [0.717, 1.165) is 32.5 Å². The Morgan fingerprint density at radius 3 is 2.52 bits per heavy atom. The lowest BCUT2D eigenvalue weighted by atomic mass is 10.0. The van der Waals surface area contributed by atoms with E-state index in [9.17, 15) is 9.18 Å². The fraction of sp³-hybridized carbons (Fsp3) is 0.650. The highest BCUT2D eigenvalue weighted by atomic mass is 19.1. The molecular formula is C20H28FN3O. The van der Waals surface area contributed by atoms with Crippen LogP contribution in [-0.2, 0) is 6.42 Å². The molecule has 4 nitrogen and oxygen atoms in total. The molecule has 0 radical (unpaired) electrons. The summed E-state index contributed by atoms with van der Waals surface area (Å²) in [6.45, 7) is 2.92. The molecule has 3 heterocycles. The molecule has 2 bridgehead atoms. The molecule has 3 aliphatic heterocycles. The third kappa shape index (κ3) is 3.81. The highest BCUT2D eigenvalue weighted by Crippen LogP contribution is 2.35. The van der Waals surface area contributed by atoms with Gasteiger partial charge in [-0.2, -0.15) is 0 Å². The minimum absolute atomic E-state index is 0.164. The Labute approximate surface area is 149 Å². The third-order valence-corrected chi connectivity index (χ3v) is 6.16. The zero-order valence-corrected chi connectivity index (χ0v) is 14.8. The molecule has 2 amide bonds. The van der Waals surface area contributed by atoms with E-state index in [1.54, 1.807) is 0 Å². The van der Waals surface area contributed by atoms with Crippen molar-refractivity contribution < 1.29 is 9.18 Å². The van der Waals surface area contributed by atoms with Gasteiger partial charge in [-0.1, -0.05) is 12.1 Å². The van der Waals surface area contributed by atoms with Crippen LogP contribution in [0.2, 0.25) is 0 Å². The SMILES string of the molecule is O=C(NC1CCN(CCc2ccc(F)cc2)C1)N1C2CCC[C@H]1CC2. The van der Waals surface area contributed by atoms with Crippen molar-refractivity contribution in [1.82, 2.24) is 15.1 Å². The molecule has 0 aliphatic carbocycles. The summed E-state index contributed by atoms with van der Waals surface area (Å²) >= 11 is 0. The van der Waals surface area contributed by atoms with Gasteiger partial charge in [0.25, 0.3) is 0 Å². The Morgan fingerprint density at radius 2 is 1.80 bits per heavy atom. The predicted molar refractivity (Wildman–Crippen MR) is 96.0 cm³/mol. The summed E-state index contributed by atoms with van der Waals surface area (Å²) in [6.07, 6.45) is 7.96. The van der Waals surface area contributed by atoms with Gasteiger partial charge in [0.05, 0.1) is 0 Å². The van der Waals surface area contributed by atoms with Crippen molar-refractivity contribution in [2.45, 2.75) is 63.1 Å². The Bertz CT molecular complexity index is 589. The summed E-state index contributed by atoms with van der Waals surface area (Å²) < 4.78 is 13.0. The number of nitrogens with zero attached hydrogens (tertiary/aromatic N) is 2. The van der Waals surface area contributed by atoms with Gasteiger partial charge >= 0.3 is 6.03 Å². The minimum atomic E-state index is -0.181. The van der Waals surface area contributed by atoms with Crippen LogP contribution in [0.5, 0.6) is 0 Å². The van der Waals surface area contributed by atoms with E-state index < -0.39 is 0 Å². The molecule has 0 aromatic heterocycles. The molecule has 4 rings (SSSR count). The Kier molecular flexibility index (Phi) is 4.93. The molecule has 136 valence electrons. The minimum Gasteiger partial charge on any atom is -0.334 e. The predicted octanol–water partition coefficient (Wildman–Crippen LogP) is 3.17. The van der Waals surface area contributed by atoms with E-state index in [4.69, 9.17) is 0 Å². The zero-order valence-electron chi connectivity index (χ0n) is 14.8. The van der Waals surface area contributed by atoms with Crippen molar-refractivity contribution in [1.29, 1.82) is 0 Å². The van der Waals surface area contributed by atoms with Crippen LogP contribution in [0.3, 0.4) is 0 Å². The maximum absolute atomic E-state index is 13.0. The average Bonchev–Trinajstić information content (AvgIpc) is 3.16. The normalized spacial score (nSPS) is 29.2. The largest absolute Gasteiger partial charge is 0.334 e. The number of hydrogen-bond donors (Lipinski definition) is 1. The molecule has 0 spiro atoms. The molecule has 3 saturated heterocycles. The Balaban J connectivity index is 1.24. The summed E-state index contributed by atoms with van der Waals surface area (Å²) in [5.74, 6) is -0.181. The number of hydrogen-bond acceptors (Lipinski definition) is 2. The molecule has 3 fully saturated rings. The van der Waals surface area contributed by atoms with Gasteiger partial charge in [0.2, 0.25) is 0 Å². The maximum Gasteiger partial charge on any atom is 0.318 e. The van der Waals surface area contributed by atoms with Crippen LogP contribution in [0.25, 0.3) is 0 Å². The molecule has 3 aliphatic rings. The number of fused-ring (bicyclic) bond motifs is 2. The van der Waals surface area contributed by atoms with Gasteiger partial charge in [-0.3, -0.25) is 0 Å². The van der Waals surface area contributed by atoms with E-state index >= 15 is 0 Å². The number of piperidine rings is 1. The second kappa shape index (κ2) is 7.32. The highest BCUT2D eigenvalue weighted by Gasteiger charge is 2.40. The molecule has 1 aromatic carbocycles. The molecule has 1 aromatic rings. The fourth-order valence-corrected chi connectivity index (χ4v) is 4.79. The molecule has 1 N–H and O–H groups in total. The number of halogens is 1. The van der Waals surface area contributed by atoms with E-state index in [0.29, 0.717) is 12.1 Å². The summed E-state index contributed by atoms with van der Waals surface area (Å²) in [6, 6.07) is 8.15. The van der Waals surface area contributed by atoms with Crippen molar-refractivity contribution in [3.63, 3.8) is 0 Å². The van der Waals surface area contributed by atoms with Gasteiger partial charge in [-0.15, -0.1) is 0 Å². The smallest absolute Gasteiger partial charge is 0.318 e. The number of carbonyl (C=O) groups excluding carboxylic acids is 1. The summed E-state index contributed by atoms with van der Waals surface area (Å²) in [7, 11) is 0. The van der Waals surface area contributed by atoms with Crippen LogP contribution in [0, 0.1) is 5.82 Å². The topological polar surface area (TPSA) is 35.6 Å². The molecule has 25 heavy (non-hydrogen) atoms. The van der Waals surface area contributed by atoms with Gasteiger partial charge in [-0.05, 0) is 62.6 Å². The number of likely N-dealkylation sites (tertiary alicyclic amines) is 1. The van der Waals surface area contributed by atoms with Crippen molar-refractivity contribution in [3.8, 4) is 0 Å². The number of carbonyl (C=O) groups is 1. The lowest BCUT2D eigenvalue weighted by Crippen LogP contribution is -2.52. The molecule has 3 atom stereocenters. The molecule has 5 heteroatoms. The van der Waals surface area contributed by atoms with Crippen LogP contribution >= 0.6 is 0 Å². The van der Waals surface area contributed by atoms with Gasteiger partial charge in [0.1, 0.15) is 5.82 Å². The van der Waals surface area contributed by atoms with Crippen LogP contribution < -0.4 is 5.32 Å². The van der Waals surface area contributed by atoms with Crippen LogP contribution in [0.4, 0.5) is 9.18 Å². The number of amides is 2. The Hall–Kier alpha value is -1.62. The van der Waals surface area contributed by atoms with E-state index in [1.165, 1.54) is 49.8 Å². The lowest BCUT2D eigenvalue weighted by molar-refractivity contribution is 0.144. The van der Waals surface area contributed by atoms with E-state index in [1.807, 2.05) is 12.1 Å². The number of benzene rings is 1. The van der Waals surface area contributed by atoms with E-state index in [-0.39, 0.29) is 17.9 Å². The third-order valence-electron chi connectivity index (χ3n) is 6.16. The maximum atomic E-state index is 13.0. The van der Waals surface area contributed by atoms with Crippen LogP contribution in [0.15, 0.2) is 24.3 Å². The number of nitrogens with one attached hydrogen (secondary N) is 1. The van der Waals surface area contributed by atoms with Gasteiger partial charge in [-0.25, -0.2) is 9.18 Å². The fourth-order valence-electron chi connectivity index (χ4n) is 4.79. The first-order valence-electron chi connectivity index (χ1n) is 9.74. The highest BCUT2D eigenvalue weighted by molar-refractivity contribution is 5.75. The summed E-state index contributed by atoms with van der Waals surface area (Å²) in [5.41, 5.74) is 1.17. The Morgan fingerprint density at radius 1 is 1.08 bits per heavy atom. The summed E-state index contributed by atoms with van der Waals surface area (Å²) in [4.78, 5) is 17.2. The van der Waals surface area contributed by atoms with Gasteiger partial charge < -0.3 is 15.1 Å². The van der Waals surface area contributed by atoms with Gasteiger partial charge in [0.15, 0.2) is 0 Å². The average molecular weight is 345 g/mol. The number of rotatable bonds is 4. The first kappa shape index (κ1) is 16.8. The molecular weight excluding hydrogens is 317 g/mol. The zero-order chi connectivity index (χ0) is 17.2. The second-order valence-corrected chi connectivity index (χ2v) is 7.84. The standard InChI is InChI=1S/C20H28FN3O/c21-16-6-4-15(5-7-16)10-12-23-13-11-17(14-23)22-20(25)24-18-2-1-3-19(24)9-8-18/h4-7,17-19H,1-3,8-14H2,(H,22,25)/t17?,18-,19?/m0/s1. The van der Waals surface area contributed by atoms with Crippen molar-refractivity contribution in [3.05, 3.63) is 35.6 Å². The van der Waals surface area contributed by atoms with Crippen LogP contribution in [-0.4, -0.2) is 53.6 Å². The quantitative estimate of drug-likeness (QED) is 0.910. The number of urea groups is 1. The summed E-state index contributed by atoms with van der Waals surface area (Å²) in [5, 5.41) is 3.28. The van der Waals surface area contributed by atoms with Crippen molar-refractivity contribution in [2.24, 2.45) is 0 Å². The lowest BCUT2D eigenvalue weighted by Gasteiger charge is -2.35. The van der Waals surface area contributed by atoms with Crippen molar-refractivity contribution in [2.75, 3.05) is 19.6 Å². The molecule has 0 saturated carbocycles. The first-order chi connectivity index (χ1) is 12.2. The van der Waals surface area contributed by atoms with Crippen LogP contribution in [0.1, 0.15) is 44.1 Å². The van der Waals surface area contributed by atoms with E-state index in [2.05, 4.69) is 15.1 Å². The monoisotopic (exact) mass is 345 g/mol.